The Kier molecular flexibility index (Phi) is 3.30. The van der Waals surface area contributed by atoms with E-state index in [1.807, 2.05) is 6.07 Å². The maximum Gasteiger partial charge on any atom is 0.336 e. The third-order valence-electron chi connectivity index (χ3n) is 3.65. The summed E-state index contributed by atoms with van der Waals surface area (Å²) in [6.07, 6.45) is 0.793. The lowest BCUT2D eigenvalue weighted by Gasteiger charge is -2.38. The Morgan fingerprint density at radius 2 is 2.00 bits per heavy atom. The van der Waals surface area contributed by atoms with Gasteiger partial charge in [0.05, 0.1) is 6.26 Å². The van der Waals surface area contributed by atoms with Crippen LogP contribution in [0.1, 0.15) is 19.4 Å². The van der Waals surface area contributed by atoms with Crippen LogP contribution in [-0.2, 0) is 20.7 Å². The highest BCUT2D eigenvalue weighted by Gasteiger charge is 2.40. The van der Waals surface area contributed by atoms with Crippen LogP contribution >= 0.6 is 0 Å². The van der Waals surface area contributed by atoms with E-state index >= 15 is 0 Å². The predicted molar refractivity (Wildman–Crippen MR) is 80.6 cm³/mol. The molecule has 3 rings (SSSR count). The number of hydrogen-bond acceptors (Lipinski definition) is 6. The highest BCUT2D eigenvalue weighted by atomic mass is 32.2. The molecule has 2 aromatic rings. The van der Waals surface area contributed by atoms with Gasteiger partial charge in [0.25, 0.3) is 10.1 Å². The summed E-state index contributed by atoms with van der Waals surface area (Å²) in [5, 5.41) is 0.750. The first kappa shape index (κ1) is 15.1. The molecule has 0 bridgehead atoms. The van der Waals surface area contributed by atoms with Crippen LogP contribution in [0.25, 0.3) is 11.0 Å². The second kappa shape index (κ2) is 4.82. The van der Waals surface area contributed by atoms with E-state index in [0.717, 1.165) is 17.2 Å². The zero-order valence-corrected chi connectivity index (χ0v) is 13.3. The molecule has 0 amide bonds. The van der Waals surface area contributed by atoms with Gasteiger partial charge < -0.3 is 9.15 Å². The van der Waals surface area contributed by atoms with E-state index in [1.165, 1.54) is 6.07 Å². The van der Waals surface area contributed by atoms with Gasteiger partial charge in [0.1, 0.15) is 23.0 Å². The van der Waals surface area contributed by atoms with Crippen LogP contribution in [0.3, 0.4) is 0 Å². The molecule has 0 spiro atoms. The number of benzene rings is 1. The van der Waals surface area contributed by atoms with Crippen molar-refractivity contribution in [2.45, 2.75) is 32.0 Å². The molecule has 1 aromatic carbocycles. The topological polar surface area (TPSA) is 82.8 Å². The quantitative estimate of drug-likeness (QED) is 0.619. The van der Waals surface area contributed by atoms with Crippen molar-refractivity contribution >= 4 is 21.1 Å². The minimum absolute atomic E-state index is 0.393. The SMILES string of the molecule is CC1(C)Oc2cc3oc(=O)ccc3cc2CC1OS(C)(=O)=O. The molecule has 2 heterocycles. The molecule has 118 valence electrons. The van der Waals surface area contributed by atoms with Crippen LogP contribution in [0.5, 0.6) is 5.75 Å². The molecule has 0 aliphatic carbocycles. The van der Waals surface area contributed by atoms with Gasteiger partial charge in [-0.15, -0.1) is 0 Å². The van der Waals surface area contributed by atoms with Crippen molar-refractivity contribution in [1.82, 2.24) is 0 Å². The van der Waals surface area contributed by atoms with Crippen molar-refractivity contribution in [2.24, 2.45) is 0 Å². The average Bonchev–Trinajstić information content (AvgIpc) is 2.35. The molecule has 0 N–H and O–H groups in total. The van der Waals surface area contributed by atoms with Gasteiger partial charge in [0.2, 0.25) is 0 Å². The number of ether oxygens (including phenoxy) is 1. The second-order valence-corrected chi connectivity index (χ2v) is 7.55. The molecule has 0 radical (unpaired) electrons. The molecule has 0 fully saturated rings. The smallest absolute Gasteiger partial charge is 0.336 e. The summed E-state index contributed by atoms with van der Waals surface area (Å²) in [6.45, 7) is 3.52. The molecule has 1 atom stereocenters. The Balaban J connectivity index is 2.07. The lowest BCUT2D eigenvalue weighted by atomic mass is 9.90. The Hall–Kier alpha value is -1.86. The molecule has 1 unspecified atom stereocenters. The van der Waals surface area contributed by atoms with Crippen LogP contribution in [-0.4, -0.2) is 26.4 Å². The third-order valence-corrected chi connectivity index (χ3v) is 4.23. The Labute approximate surface area is 127 Å². The minimum Gasteiger partial charge on any atom is -0.485 e. The summed E-state index contributed by atoms with van der Waals surface area (Å²) < 4.78 is 39.0. The minimum atomic E-state index is -3.59. The Morgan fingerprint density at radius 1 is 1.27 bits per heavy atom. The lowest BCUT2D eigenvalue weighted by Crippen LogP contribution is -2.48. The largest absolute Gasteiger partial charge is 0.485 e. The van der Waals surface area contributed by atoms with Crippen LogP contribution < -0.4 is 10.4 Å². The maximum absolute atomic E-state index is 11.4. The van der Waals surface area contributed by atoms with Crippen LogP contribution in [0.4, 0.5) is 0 Å². The lowest BCUT2D eigenvalue weighted by molar-refractivity contribution is -0.0232. The Morgan fingerprint density at radius 3 is 2.68 bits per heavy atom. The van der Waals surface area contributed by atoms with E-state index < -0.39 is 27.4 Å². The highest BCUT2D eigenvalue weighted by molar-refractivity contribution is 7.86. The number of hydrogen-bond donors (Lipinski definition) is 0. The number of fused-ring (bicyclic) bond motifs is 2. The highest BCUT2D eigenvalue weighted by Crippen LogP contribution is 2.37. The van der Waals surface area contributed by atoms with E-state index in [4.69, 9.17) is 13.3 Å². The third kappa shape index (κ3) is 2.86. The summed E-state index contributed by atoms with van der Waals surface area (Å²) in [4.78, 5) is 11.3. The van der Waals surface area contributed by atoms with Gasteiger partial charge >= 0.3 is 5.63 Å². The van der Waals surface area contributed by atoms with Crippen LogP contribution in [0, 0.1) is 0 Å². The van der Waals surface area contributed by atoms with Gasteiger partial charge in [0.15, 0.2) is 0 Å². The zero-order chi connectivity index (χ0) is 16.1. The van der Waals surface area contributed by atoms with Crippen molar-refractivity contribution in [3.63, 3.8) is 0 Å². The summed E-state index contributed by atoms with van der Waals surface area (Å²) >= 11 is 0. The van der Waals surface area contributed by atoms with Gasteiger partial charge in [-0.25, -0.2) is 4.79 Å². The monoisotopic (exact) mass is 324 g/mol. The molecule has 1 aliphatic rings. The molecule has 0 saturated carbocycles. The van der Waals surface area contributed by atoms with Gasteiger partial charge in [-0.1, -0.05) is 0 Å². The maximum atomic E-state index is 11.4. The van der Waals surface area contributed by atoms with E-state index in [9.17, 15) is 13.2 Å². The van der Waals surface area contributed by atoms with Crippen molar-refractivity contribution in [3.05, 3.63) is 40.2 Å². The van der Waals surface area contributed by atoms with E-state index in [0.29, 0.717) is 17.8 Å². The summed E-state index contributed by atoms with van der Waals surface area (Å²) in [6, 6.07) is 6.48. The predicted octanol–water partition coefficient (Wildman–Crippen LogP) is 1.85. The van der Waals surface area contributed by atoms with Gasteiger partial charge in [0, 0.05) is 23.9 Å². The first-order valence-electron chi connectivity index (χ1n) is 6.78. The standard InChI is InChI=1S/C15H16O6S/c1-15(2)13(21-22(3,17)18)7-10-6-9-4-5-14(16)19-11(9)8-12(10)20-15/h4-6,8,13H,7H2,1-3H3. The molecule has 7 heteroatoms. The van der Waals surface area contributed by atoms with Crippen molar-refractivity contribution < 1.29 is 21.8 Å². The Bertz CT molecular complexity index is 894. The first-order valence-corrected chi connectivity index (χ1v) is 8.60. The first-order chi connectivity index (χ1) is 10.1. The van der Waals surface area contributed by atoms with Crippen molar-refractivity contribution in [1.29, 1.82) is 0 Å². The van der Waals surface area contributed by atoms with Crippen molar-refractivity contribution in [2.75, 3.05) is 6.26 Å². The van der Waals surface area contributed by atoms with Gasteiger partial charge in [-0.2, -0.15) is 8.42 Å². The second-order valence-electron chi connectivity index (χ2n) is 5.95. The zero-order valence-electron chi connectivity index (χ0n) is 12.5. The summed E-state index contributed by atoms with van der Waals surface area (Å²) in [7, 11) is -3.59. The molecular weight excluding hydrogens is 308 g/mol. The molecule has 0 saturated heterocycles. The van der Waals surface area contributed by atoms with E-state index in [2.05, 4.69) is 0 Å². The van der Waals surface area contributed by atoms with Gasteiger partial charge in [-0.3, -0.25) is 4.18 Å². The van der Waals surface area contributed by atoms with Crippen LogP contribution in [0.15, 0.2) is 33.5 Å². The van der Waals surface area contributed by atoms with E-state index in [1.54, 1.807) is 26.0 Å². The average molecular weight is 324 g/mol. The molecule has 1 aliphatic heterocycles. The fourth-order valence-corrected chi connectivity index (χ4v) is 3.28. The summed E-state index contributed by atoms with van der Waals surface area (Å²) in [5.74, 6) is 0.570. The van der Waals surface area contributed by atoms with E-state index in [-0.39, 0.29) is 0 Å². The van der Waals surface area contributed by atoms with Gasteiger partial charge in [-0.05, 0) is 31.5 Å². The van der Waals surface area contributed by atoms with Crippen molar-refractivity contribution in [3.8, 4) is 5.75 Å². The fourth-order valence-electron chi connectivity index (χ4n) is 2.55. The van der Waals surface area contributed by atoms with Crippen LogP contribution in [0.2, 0.25) is 0 Å². The molecule has 1 aromatic heterocycles. The fraction of sp³-hybridized carbons (Fsp3) is 0.400. The molecule has 22 heavy (non-hydrogen) atoms. The normalized spacial score (nSPS) is 20.4. The molecular formula is C15H16O6S. The molecule has 6 nitrogen and oxygen atoms in total. The number of rotatable bonds is 2. The summed E-state index contributed by atoms with van der Waals surface area (Å²) in [5.41, 5.74) is -0.00147.